The number of nitrogen functional groups attached to an aromatic ring is 1. The molecule has 0 fully saturated rings. The smallest absolute Gasteiger partial charge is 0.407 e. The molecule has 4 N–H and O–H groups in total. The van der Waals surface area contributed by atoms with Crippen molar-refractivity contribution in [3.05, 3.63) is 24.3 Å². The number of hydrogen-bond donors (Lipinski definition) is 3. The largest absolute Gasteiger partial charge is 0.444 e. The predicted molar refractivity (Wildman–Crippen MR) is 80.3 cm³/mol. The Bertz CT molecular complexity index is 576. The average Bonchev–Trinajstić information content (AvgIpc) is 2.33. The zero-order valence-electron chi connectivity index (χ0n) is 12.3. The molecule has 118 valence electrons. The molecule has 0 aliphatic rings. The summed E-state index contributed by atoms with van der Waals surface area (Å²) in [5.41, 5.74) is 5.40. The number of alkyl carbamates (subject to hydrolysis) is 1. The lowest BCUT2D eigenvalue weighted by Gasteiger charge is -2.19. The number of sulfonamides is 1. The second-order valence-corrected chi connectivity index (χ2v) is 7.16. The van der Waals surface area contributed by atoms with Crippen molar-refractivity contribution in [2.75, 3.05) is 18.8 Å². The summed E-state index contributed by atoms with van der Waals surface area (Å²) in [4.78, 5) is 11.5. The normalized spacial score (nSPS) is 12.0. The molecule has 0 atom stereocenters. The maximum atomic E-state index is 11.9. The van der Waals surface area contributed by atoms with E-state index in [0.29, 0.717) is 5.69 Å². The van der Waals surface area contributed by atoms with Crippen molar-refractivity contribution < 1.29 is 17.9 Å². The average molecular weight is 315 g/mol. The molecule has 21 heavy (non-hydrogen) atoms. The molecule has 0 radical (unpaired) electrons. The van der Waals surface area contributed by atoms with Crippen LogP contribution < -0.4 is 15.8 Å². The number of anilines is 1. The van der Waals surface area contributed by atoms with Gasteiger partial charge in [0.25, 0.3) is 0 Å². The van der Waals surface area contributed by atoms with Crippen molar-refractivity contribution in [1.29, 1.82) is 0 Å². The number of nitrogens with two attached hydrogens (primary N) is 1. The molecule has 0 bridgehead atoms. The fraction of sp³-hybridized carbons (Fsp3) is 0.462. The SMILES string of the molecule is CC(C)(C)OC(=O)NCCNS(=O)(=O)c1ccc(N)cc1. The number of carbonyl (C=O) groups is 1. The Labute approximate surface area is 124 Å². The maximum absolute atomic E-state index is 11.9. The minimum absolute atomic E-state index is 0.0615. The van der Waals surface area contributed by atoms with Gasteiger partial charge in [-0.3, -0.25) is 0 Å². The first-order chi connectivity index (χ1) is 9.60. The minimum Gasteiger partial charge on any atom is -0.444 e. The number of hydrogen-bond acceptors (Lipinski definition) is 5. The van der Waals surface area contributed by atoms with Gasteiger partial charge in [0.1, 0.15) is 5.60 Å². The van der Waals surface area contributed by atoms with Gasteiger partial charge in [-0.25, -0.2) is 17.9 Å². The van der Waals surface area contributed by atoms with Crippen molar-refractivity contribution in [2.24, 2.45) is 0 Å². The van der Waals surface area contributed by atoms with E-state index < -0.39 is 21.7 Å². The molecule has 0 aliphatic heterocycles. The number of rotatable bonds is 5. The standard InChI is InChI=1S/C13H21N3O4S/c1-13(2,3)20-12(17)15-8-9-16-21(18,19)11-6-4-10(14)5-7-11/h4-7,16H,8-9,14H2,1-3H3,(H,15,17). The molecule has 0 aromatic heterocycles. The number of benzene rings is 1. The van der Waals surface area contributed by atoms with E-state index in [1.165, 1.54) is 24.3 Å². The van der Waals surface area contributed by atoms with E-state index in [2.05, 4.69) is 10.0 Å². The number of ether oxygens (including phenoxy) is 1. The lowest BCUT2D eigenvalue weighted by molar-refractivity contribution is 0.0529. The van der Waals surface area contributed by atoms with E-state index in [0.717, 1.165) is 0 Å². The van der Waals surface area contributed by atoms with E-state index in [-0.39, 0.29) is 18.0 Å². The third-order valence-corrected chi connectivity index (χ3v) is 3.75. The zero-order valence-corrected chi connectivity index (χ0v) is 13.2. The van der Waals surface area contributed by atoms with E-state index in [9.17, 15) is 13.2 Å². The summed E-state index contributed by atoms with van der Waals surface area (Å²) in [5, 5.41) is 2.46. The van der Waals surface area contributed by atoms with Gasteiger partial charge in [-0.15, -0.1) is 0 Å². The Morgan fingerprint density at radius 2 is 1.76 bits per heavy atom. The molecule has 0 saturated heterocycles. The first-order valence-electron chi connectivity index (χ1n) is 6.42. The van der Waals surface area contributed by atoms with Crippen LogP contribution in [0.25, 0.3) is 0 Å². The molecular formula is C13H21N3O4S. The van der Waals surface area contributed by atoms with Crippen molar-refractivity contribution in [3.8, 4) is 0 Å². The molecule has 1 rings (SSSR count). The van der Waals surface area contributed by atoms with Gasteiger partial charge in [-0.05, 0) is 45.0 Å². The number of carbonyl (C=O) groups excluding carboxylic acids is 1. The highest BCUT2D eigenvalue weighted by atomic mass is 32.2. The van der Waals surface area contributed by atoms with Crippen LogP contribution in [0.15, 0.2) is 29.2 Å². The van der Waals surface area contributed by atoms with Gasteiger partial charge in [0.2, 0.25) is 10.0 Å². The van der Waals surface area contributed by atoms with Crippen molar-refractivity contribution in [3.63, 3.8) is 0 Å². The second-order valence-electron chi connectivity index (χ2n) is 5.40. The first-order valence-corrected chi connectivity index (χ1v) is 7.90. The molecular weight excluding hydrogens is 294 g/mol. The Hall–Kier alpha value is -1.80. The van der Waals surface area contributed by atoms with Gasteiger partial charge in [0.15, 0.2) is 0 Å². The van der Waals surface area contributed by atoms with Crippen LogP contribution in [0.3, 0.4) is 0 Å². The van der Waals surface area contributed by atoms with Crippen LogP contribution in [0.1, 0.15) is 20.8 Å². The van der Waals surface area contributed by atoms with E-state index in [1.807, 2.05) is 0 Å². The number of nitrogens with one attached hydrogen (secondary N) is 2. The predicted octanol–water partition coefficient (Wildman–Crippen LogP) is 1.07. The summed E-state index contributed by atoms with van der Waals surface area (Å²) in [6.07, 6.45) is -0.589. The van der Waals surface area contributed by atoms with E-state index in [4.69, 9.17) is 10.5 Å². The summed E-state index contributed by atoms with van der Waals surface area (Å²) in [6.45, 7) is 5.43. The summed E-state index contributed by atoms with van der Waals surface area (Å²) < 4.78 is 31.2. The fourth-order valence-electron chi connectivity index (χ4n) is 1.39. The van der Waals surface area contributed by atoms with Crippen molar-refractivity contribution in [2.45, 2.75) is 31.3 Å². The Morgan fingerprint density at radius 3 is 2.29 bits per heavy atom. The van der Waals surface area contributed by atoms with Gasteiger partial charge in [0, 0.05) is 18.8 Å². The first kappa shape index (κ1) is 17.3. The highest BCUT2D eigenvalue weighted by Gasteiger charge is 2.16. The molecule has 1 amide bonds. The highest BCUT2D eigenvalue weighted by Crippen LogP contribution is 2.11. The van der Waals surface area contributed by atoms with E-state index in [1.54, 1.807) is 20.8 Å². The van der Waals surface area contributed by atoms with Gasteiger partial charge in [-0.2, -0.15) is 0 Å². The molecule has 7 nitrogen and oxygen atoms in total. The summed E-state index contributed by atoms with van der Waals surface area (Å²) >= 11 is 0. The molecule has 1 aromatic carbocycles. The van der Waals surface area contributed by atoms with Crippen LogP contribution in [0.4, 0.5) is 10.5 Å². The fourth-order valence-corrected chi connectivity index (χ4v) is 2.43. The lowest BCUT2D eigenvalue weighted by atomic mass is 10.2. The van der Waals surface area contributed by atoms with Crippen LogP contribution in [-0.4, -0.2) is 33.2 Å². The molecule has 1 aromatic rings. The number of amides is 1. The Morgan fingerprint density at radius 1 is 1.19 bits per heavy atom. The van der Waals surface area contributed by atoms with Crippen molar-refractivity contribution >= 4 is 21.8 Å². The third-order valence-electron chi connectivity index (χ3n) is 2.28. The van der Waals surface area contributed by atoms with Crippen LogP contribution in [0.5, 0.6) is 0 Å². The molecule has 0 aliphatic carbocycles. The molecule has 0 spiro atoms. The van der Waals surface area contributed by atoms with Crippen LogP contribution in [0, 0.1) is 0 Å². The van der Waals surface area contributed by atoms with Gasteiger partial charge in [0.05, 0.1) is 4.90 Å². The topological polar surface area (TPSA) is 111 Å². The molecule has 0 unspecified atom stereocenters. The van der Waals surface area contributed by atoms with Crippen LogP contribution in [-0.2, 0) is 14.8 Å². The summed E-state index contributed by atoms with van der Waals surface area (Å²) in [7, 11) is -3.61. The highest BCUT2D eigenvalue weighted by molar-refractivity contribution is 7.89. The Kier molecular flexibility index (Phi) is 5.56. The lowest BCUT2D eigenvalue weighted by Crippen LogP contribution is -2.37. The quantitative estimate of drug-likeness (QED) is 0.556. The molecule has 0 saturated carbocycles. The third kappa shape index (κ3) is 6.46. The Balaban J connectivity index is 2.41. The maximum Gasteiger partial charge on any atom is 0.407 e. The van der Waals surface area contributed by atoms with Crippen molar-refractivity contribution in [1.82, 2.24) is 10.0 Å². The van der Waals surface area contributed by atoms with Gasteiger partial charge >= 0.3 is 6.09 Å². The molecule has 0 heterocycles. The summed E-state index contributed by atoms with van der Waals surface area (Å²) in [5.74, 6) is 0. The van der Waals surface area contributed by atoms with Gasteiger partial charge in [-0.1, -0.05) is 0 Å². The monoisotopic (exact) mass is 315 g/mol. The van der Waals surface area contributed by atoms with Crippen LogP contribution in [0.2, 0.25) is 0 Å². The molecule has 8 heteroatoms. The summed E-state index contributed by atoms with van der Waals surface area (Å²) in [6, 6.07) is 5.85. The van der Waals surface area contributed by atoms with Crippen LogP contribution >= 0.6 is 0 Å². The second kappa shape index (κ2) is 6.77. The van der Waals surface area contributed by atoms with Gasteiger partial charge < -0.3 is 15.8 Å². The van der Waals surface area contributed by atoms with E-state index >= 15 is 0 Å². The minimum atomic E-state index is -3.61. The zero-order chi connectivity index (χ0) is 16.1.